The van der Waals surface area contributed by atoms with Gasteiger partial charge in [-0.1, -0.05) is 6.07 Å². The molecule has 1 aromatic rings. The van der Waals surface area contributed by atoms with Crippen LogP contribution in [0.3, 0.4) is 0 Å². The summed E-state index contributed by atoms with van der Waals surface area (Å²) in [6, 6.07) is 4.81. The van der Waals surface area contributed by atoms with Gasteiger partial charge in [-0.05, 0) is 44.0 Å². The lowest BCUT2D eigenvalue weighted by Gasteiger charge is -2.26. The standard InChI is InChI=1S/C20H30N2O6S/c1-16(2)28-12-4-9-21-20(23)8-6-17-5-7-18(26-3)19(15-17)29(24,25)22-10-13-27-14-11-22/h5-8,15-16H,4,9-14H2,1-3H3,(H,21,23)/b8-6+. The first-order valence-corrected chi connectivity index (χ1v) is 11.1. The van der Waals surface area contributed by atoms with Crippen molar-refractivity contribution in [2.24, 2.45) is 0 Å². The minimum Gasteiger partial charge on any atom is -0.495 e. The fraction of sp³-hybridized carbons (Fsp3) is 0.550. The molecule has 1 N–H and O–H groups in total. The lowest BCUT2D eigenvalue weighted by molar-refractivity contribution is -0.116. The van der Waals surface area contributed by atoms with Crippen LogP contribution in [-0.2, 0) is 24.3 Å². The van der Waals surface area contributed by atoms with E-state index in [9.17, 15) is 13.2 Å². The maximum atomic E-state index is 13.0. The molecule has 0 spiro atoms. The zero-order valence-corrected chi connectivity index (χ0v) is 18.0. The summed E-state index contributed by atoms with van der Waals surface area (Å²) in [7, 11) is -2.28. The lowest BCUT2D eigenvalue weighted by atomic mass is 10.2. The van der Waals surface area contributed by atoms with Crippen LogP contribution < -0.4 is 10.1 Å². The Labute approximate surface area is 172 Å². The number of rotatable bonds is 10. The Bertz CT molecular complexity index is 801. The van der Waals surface area contributed by atoms with Crippen LogP contribution in [0.15, 0.2) is 29.2 Å². The average molecular weight is 427 g/mol. The van der Waals surface area contributed by atoms with Crippen molar-refractivity contribution in [1.82, 2.24) is 9.62 Å². The number of sulfonamides is 1. The quantitative estimate of drug-likeness (QED) is 0.452. The van der Waals surface area contributed by atoms with Gasteiger partial charge in [-0.3, -0.25) is 4.79 Å². The second-order valence-electron chi connectivity index (χ2n) is 6.82. The van der Waals surface area contributed by atoms with Crippen molar-refractivity contribution in [2.75, 3.05) is 46.6 Å². The normalized spacial score (nSPS) is 15.7. The van der Waals surface area contributed by atoms with E-state index >= 15 is 0 Å². The number of ether oxygens (including phenoxy) is 3. The van der Waals surface area contributed by atoms with E-state index in [-0.39, 0.29) is 22.7 Å². The minimum atomic E-state index is -3.71. The minimum absolute atomic E-state index is 0.0790. The monoisotopic (exact) mass is 426 g/mol. The molecule has 0 atom stereocenters. The molecule has 0 saturated carbocycles. The van der Waals surface area contributed by atoms with Crippen LogP contribution in [0.1, 0.15) is 25.8 Å². The number of nitrogens with one attached hydrogen (secondary N) is 1. The first-order chi connectivity index (χ1) is 13.8. The molecule has 1 amide bonds. The molecule has 29 heavy (non-hydrogen) atoms. The van der Waals surface area contributed by atoms with E-state index in [2.05, 4.69) is 5.32 Å². The molecule has 1 fully saturated rings. The third-order valence-electron chi connectivity index (χ3n) is 4.27. The summed E-state index contributed by atoms with van der Waals surface area (Å²) in [5.74, 6) is 0.0196. The third kappa shape index (κ3) is 7.11. The molecule has 0 aliphatic carbocycles. The first kappa shape index (κ1) is 23.3. The number of amides is 1. The van der Waals surface area contributed by atoms with E-state index in [1.807, 2.05) is 13.8 Å². The summed E-state index contributed by atoms with van der Waals surface area (Å²) in [4.78, 5) is 12.0. The highest BCUT2D eigenvalue weighted by Crippen LogP contribution is 2.28. The Kier molecular flexibility index (Phi) is 9.09. The Balaban J connectivity index is 2.04. The molecule has 162 valence electrons. The van der Waals surface area contributed by atoms with Crippen molar-refractivity contribution in [3.63, 3.8) is 0 Å². The van der Waals surface area contributed by atoms with E-state index in [0.717, 1.165) is 6.42 Å². The molecule has 0 bridgehead atoms. The van der Waals surface area contributed by atoms with Gasteiger partial charge in [-0.15, -0.1) is 0 Å². The van der Waals surface area contributed by atoms with Gasteiger partial charge in [-0.2, -0.15) is 4.31 Å². The summed E-state index contributed by atoms with van der Waals surface area (Å²) in [6.07, 6.45) is 3.86. The first-order valence-electron chi connectivity index (χ1n) is 9.68. The van der Waals surface area contributed by atoms with E-state index in [0.29, 0.717) is 45.0 Å². The van der Waals surface area contributed by atoms with Gasteiger partial charge in [0.1, 0.15) is 10.6 Å². The van der Waals surface area contributed by atoms with E-state index in [1.165, 1.54) is 23.6 Å². The van der Waals surface area contributed by atoms with Crippen LogP contribution in [-0.4, -0.2) is 71.3 Å². The fourth-order valence-corrected chi connectivity index (χ4v) is 4.36. The van der Waals surface area contributed by atoms with Gasteiger partial charge in [0, 0.05) is 32.3 Å². The van der Waals surface area contributed by atoms with Crippen LogP contribution >= 0.6 is 0 Å². The molecule has 1 saturated heterocycles. The Morgan fingerprint density at radius 1 is 1.31 bits per heavy atom. The zero-order chi connectivity index (χ0) is 21.3. The van der Waals surface area contributed by atoms with Gasteiger partial charge in [0.05, 0.1) is 26.4 Å². The van der Waals surface area contributed by atoms with Gasteiger partial charge in [0.2, 0.25) is 15.9 Å². The topological polar surface area (TPSA) is 94.2 Å². The van der Waals surface area contributed by atoms with E-state index in [1.54, 1.807) is 18.2 Å². The molecule has 8 nitrogen and oxygen atoms in total. The average Bonchev–Trinajstić information content (AvgIpc) is 2.72. The Morgan fingerprint density at radius 2 is 2.03 bits per heavy atom. The molecule has 2 rings (SSSR count). The van der Waals surface area contributed by atoms with E-state index in [4.69, 9.17) is 14.2 Å². The summed E-state index contributed by atoms with van der Waals surface area (Å²) < 4.78 is 43.2. The van der Waals surface area contributed by atoms with Crippen molar-refractivity contribution in [1.29, 1.82) is 0 Å². The van der Waals surface area contributed by atoms with Crippen molar-refractivity contribution >= 4 is 22.0 Å². The van der Waals surface area contributed by atoms with Crippen LogP contribution in [0.4, 0.5) is 0 Å². The molecule has 9 heteroatoms. The van der Waals surface area contributed by atoms with Crippen molar-refractivity contribution in [3.8, 4) is 5.75 Å². The van der Waals surface area contributed by atoms with Crippen LogP contribution in [0.2, 0.25) is 0 Å². The number of methoxy groups -OCH3 is 1. The largest absolute Gasteiger partial charge is 0.495 e. The number of carbonyl (C=O) groups excluding carboxylic acids is 1. The maximum absolute atomic E-state index is 13.0. The van der Waals surface area contributed by atoms with Crippen LogP contribution in [0.5, 0.6) is 5.75 Å². The summed E-state index contributed by atoms with van der Waals surface area (Å²) in [5.41, 5.74) is 0.593. The van der Waals surface area contributed by atoms with Gasteiger partial charge in [-0.25, -0.2) is 8.42 Å². The summed E-state index contributed by atoms with van der Waals surface area (Å²) in [6.45, 7) is 6.35. The van der Waals surface area contributed by atoms with Gasteiger partial charge in [0.25, 0.3) is 0 Å². The van der Waals surface area contributed by atoms with Crippen molar-refractivity contribution < 1.29 is 27.4 Å². The molecular weight excluding hydrogens is 396 g/mol. The molecule has 1 heterocycles. The predicted molar refractivity (Wildman–Crippen MR) is 110 cm³/mol. The third-order valence-corrected chi connectivity index (χ3v) is 6.19. The van der Waals surface area contributed by atoms with Gasteiger partial charge >= 0.3 is 0 Å². The van der Waals surface area contributed by atoms with Gasteiger partial charge < -0.3 is 19.5 Å². The summed E-state index contributed by atoms with van der Waals surface area (Å²) in [5, 5.41) is 2.77. The highest BCUT2D eigenvalue weighted by atomic mass is 32.2. The number of carbonyl (C=O) groups is 1. The summed E-state index contributed by atoms with van der Waals surface area (Å²) >= 11 is 0. The SMILES string of the molecule is COc1ccc(/C=C/C(=O)NCCCOC(C)C)cc1S(=O)(=O)N1CCOCC1. The molecule has 1 aliphatic heterocycles. The Morgan fingerprint density at radius 3 is 2.69 bits per heavy atom. The number of hydrogen-bond donors (Lipinski definition) is 1. The number of benzene rings is 1. The zero-order valence-electron chi connectivity index (χ0n) is 17.2. The highest BCUT2D eigenvalue weighted by molar-refractivity contribution is 7.89. The van der Waals surface area contributed by atoms with Crippen LogP contribution in [0, 0.1) is 0 Å². The molecule has 0 radical (unpaired) electrons. The maximum Gasteiger partial charge on any atom is 0.246 e. The van der Waals surface area contributed by atoms with Crippen molar-refractivity contribution in [3.05, 3.63) is 29.8 Å². The van der Waals surface area contributed by atoms with Crippen LogP contribution in [0.25, 0.3) is 6.08 Å². The fourth-order valence-electron chi connectivity index (χ4n) is 2.76. The van der Waals surface area contributed by atoms with E-state index < -0.39 is 10.0 Å². The molecule has 0 unspecified atom stereocenters. The number of morpholine rings is 1. The molecular formula is C20H30N2O6S. The molecule has 1 aliphatic rings. The highest BCUT2D eigenvalue weighted by Gasteiger charge is 2.29. The number of nitrogens with zero attached hydrogens (tertiary/aromatic N) is 1. The lowest BCUT2D eigenvalue weighted by Crippen LogP contribution is -2.40. The van der Waals surface area contributed by atoms with Crippen molar-refractivity contribution in [2.45, 2.75) is 31.3 Å². The second-order valence-corrected chi connectivity index (χ2v) is 8.73. The number of hydrogen-bond acceptors (Lipinski definition) is 6. The smallest absolute Gasteiger partial charge is 0.246 e. The second kappa shape index (κ2) is 11.3. The molecule has 1 aromatic carbocycles. The predicted octanol–water partition coefficient (Wildman–Crippen LogP) is 1.66. The Hall–Kier alpha value is -1.94. The molecule has 0 aromatic heterocycles. The van der Waals surface area contributed by atoms with Gasteiger partial charge in [0.15, 0.2) is 0 Å².